The van der Waals surface area contributed by atoms with Gasteiger partial charge in [0.2, 0.25) is 5.95 Å². The maximum atomic E-state index is 11.8. The Hall–Kier alpha value is -2.65. The van der Waals surface area contributed by atoms with Crippen LogP contribution < -0.4 is 11.3 Å². The highest BCUT2D eigenvalue weighted by molar-refractivity contribution is 7.47. The number of ketones is 1. The van der Waals surface area contributed by atoms with Crippen molar-refractivity contribution in [3.63, 3.8) is 0 Å². The van der Waals surface area contributed by atoms with Crippen LogP contribution in [0.4, 0.5) is 5.95 Å². The maximum Gasteiger partial charge on any atom is 0.280 e. The van der Waals surface area contributed by atoms with Crippen molar-refractivity contribution in [2.75, 3.05) is 25.3 Å². The molecule has 0 aliphatic carbocycles. The van der Waals surface area contributed by atoms with E-state index < -0.39 is 8.38 Å². The van der Waals surface area contributed by atoms with E-state index in [0.717, 1.165) is 5.56 Å². The molecule has 29 heavy (non-hydrogen) atoms. The van der Waals surface area contributed by atoms with Crippen molar-refractivity contribution in [2.24, 2.45) is 0 Å². The number of H-pyrrole nitrogens is 1. The molecular formula is C18H22N5O5P. The third-order valence-electron chi connectivity index (χ3n) is 3.80. The number of fused-ring (bicyclic) bond motifs is 1. The molecule has 0 radical (unpaired) electrons. The monoisotopic (exact) mass is 419 g/mol. The second-order valence-electron chi connectivity index (χ2n) is 6.17. The molecule has 0 aliphatic heterocycles. The third-order valence-corrected chi connectivity index (χ3v) is 5.02. The summed E-state index contributed by atoms with van der Waals surface area (Å²) >= 11 is 0. The molecule has 0 saturated carbocycles. The molecule has 3 rings (SSSR count). The molecule has 0 bridgehead atoms. The first-order valence-corrected chi connectivity index (χ1v) is 10.2. The Morgan fingerprint density at radius 2 is 2.07 bits per heavy atom. The van der Waals surface area contributed by atoms with E-state index in [-0.39, 0.29) is 35.8 Å². The van der Waals surface area contributed by atoms with Crippen LogP contribution in [0, 0.1) is 0 Å². The molecule has 1 unspecified atom stereocenters. The molecule has 1 atom stereocenters. The minimum atomic E-state index is -1.39. The van der Waals surface area contributed by atoms with E-state index in [0.29, 0.717) is 25.4 Å². The lowest BCUT2D eigenvalue weighted by Gasteiger charge is -2.17. The van der Waals surface area contributed by atoms with Crippen molar-refractivity contribution in [2.45, 2.75) is 20.1 Å². The lowest BCUT2D eigenvalue weighted by atomic mass is 10.2. The SMILES string of the molecule is CC(=O)COP(COCCn1cnc2c(=O)[nH]c(N)nc21)OCc1ccccc1. The predicted molar refractivity (Wildman–Crippen MR) is 108 cm³/mol. The van der Waals surface area contributed by atoms with E-state index in [1.807, 2.05) is 30.3 Å². The molecule has 3 aromatic rings. The number of benzene rings is 1. The van der Waals surface area contributed by atoms with E-state index in [1.165, 1.54) is 13.3 Å². The van der Waals surface area contributed by atoms with Gasteiger partial charge in [-0.25, -0.2) is 4.98 Å². The van der Waals surface area contributed by atoms with Crippen molar-refractivity contribution in [1.82, 2.24) is 19.5 Å². The zero-order valence-electron chi connectivity index (χ0n) is 15.9. The van der Waals surface area contributed by atoms with Crippen molar-refractivity contribution < 1.29 is 18.6 Å². The number of nitrogens with one attached hydrogen (secondary N) is 1. The van der Waals surface area contributed by atoms with Gasteiger partial charge in [-0.1, -0.05) is 30.3 Å². The summed E-state index contributed by atoms with van der Waals surface area (Å²) in [5.74, 6) is -0.0554. The number of Topliss-reactive ketones (excluding diaryl/α,β-unsaturated/α-hetero) is 1. The standard InChI is InChI=1S/C18H22N5O5P/c1-13(24)9-27-29(28-10-14-5-3-2-4-6-14)12-26-8-7-23-11-20-15-16(23)21-18(19)22-17(15)25/h2-6,11H,7-10,12H2,1H3,(H3,19,21,22,25). The Balaban J connectivity index is 1.52. The van der Waals surface area contributed by atoms with Crippen molar-refractivity contribution in [3.05, 3.63) is 52.6 Å². The van der Waals surface area contributed by atoms with E-state index in [2.05, 4.69) is 15.0 Å². The van der Waals surface area contributed by atoms with Gasteiger partial charge in [0.05, 0.1) is 19.5 Å². The lowest BCUT2D eigenvalue weighted by molar-refractivity contribution is -0.119. The number of carbonyl (C=O) groups excluding carboxylic acids is 1. The fourth-order valence-corrected chi connectivity index (χ4v) is 3.55. The third kappa shape index (κ3) is 6.16. The smallest absolute Gasteiger partial charge is 0.280 e. The average molecular weight is 419 g/mol. The normalized spacial score (nSPS) is 12.3. The first-order valence-electron chi connectivity index (χ1n) is 8.88. The van der Waals surface area contributed by atoms with Crippen molar-refractivity contribution in [3.8, 4) is 0 Å². The van der Waals surface area contributed by atoms with Crippen LogP contribution in [-0.2, 0) is 31.7 Å². The first-order chi connectivity index (χ1) is 14.0. The highest BCUT2D eigenvalue weighted by atomic mass is 31.2. The summed E-state index contributed by atoms with van der Waals surface area (Å²) in [5.41, 5.74) is 6.82. The van der Waals surface area contributed by atoms with Crippen LogP contribution >= 0.6 is 8.38 Å². The Morgan fingerprint density at radius 1 is 1.28 bits per heavy atom. The van der Waals surface area contributed by atoms with Gasteiger partial charge in [-0.2, -0.15) is 4.98 Å². The Morgan fingerprint density at radius 3 is 2.83 bits per heavy atom. The number of nitrogens with two attached hydrogens (primary N) is 1. The van der Waals surface area contributed by atoms with Crippen LogP contribution in [0.15, 0.2) is 41.5 Å². The van der Waals surface area contributed by atoms with Crippen molar-refractivity contribution >= 4 is 31.3 Å². The second kappa shape index (κ2) is 10.2. The average Bonchev–Trinajstić information content (AvgIpc) is 3.10. The van der Waals surface area contributed by atoms with Crippen LogP contribution in [0.25, 0.3) is 11.2 Å². The fraction of sp³-hybridized carbons (Fsp3) is 0.333. The van der Waals surface area contributed by atoms with Crippen LogP contribution in [-0.4, -0.2) is 44.9 Å². The summed E-state index contributed by atoms with van der Waals surface area (Å²) in [6, 6.07) is 9.68. The summed E-state index contributed by atoms with van der Waals surface area (Å²) < 4.78 is 18.7. The number of aromatic amines is 1. The summed E-state index contributed by atoms with van der Waals surface area (Å²) in [6.45, 7) is 2.53. The van der Waals surface area contributed by atoms with Gasteiger partial charge in [0.15, 0.2) is 25.3 Å². The highest BCUT2D eigenvalue weighted by Crippen LogP contribution is 2.39. The number of nitrogens with zero attached hydrogens (tertiary/aromatic N) is 3. The number of rotatable bonds is 11. The zero-order valence-corrected chi connectivity index (χ0v) is 16.8. The number of hydrogen-bond acceptors (Lipinski definition) is 8. The molecule has 0 spiro atoms. The maximum absolute atomic E-state index is 11.8. The van der Waals surface area contributed by atoms with Gasteiger partial charge in [-0.3, -0.25) is 14.6 Å². The number of imidazole rings is 1. The van der Waals surface area contributed by atoms with E-state index in [1.54, 1.807) is 4.57 Å². The molecule has 154 valence electrons. The molecule has 11 heteroatoms. The minimum absolute atomic E-state index is 0.0258. The molecule has 10 nitrogen and oxygen atoms in total. The van der Waals surface area contributed by atoms with E-state index >= 15 is 0 Å². The molecule has 1 aromatic carbocycles. The summed E-state index contributed by atoms with van der Waals surface area (Å²) in [6.07, 6.45) is 1.72. The molecule has 0 fully saturated rings. The van der Waals surface area contributed by atoms with Gasteiger partial charge in [0.25, 0.3) is 5.56 Å². The predicted octanol–water partition coefficient (Wildman–Crippen LogP) is 1.81. The van der Waals surface area contributed by atoms with Crippen LogP contribution in [0.5, 0.6) is 0 Å². The number of anilines is 1. The number of carbonyl (C=O) groups is 1. The molecule has 3 N–H and O–H groups in total. The van der Waals surface area contributed by atoms with Gasteiger partial charge >= 0.3 is 0 Å². The van der Waals surface area contributed by atoms with Crippen LogP contribution in [0.3, 0.4) is 0 Å². The molecule has 0 saturated heterocycles. The Bertz CT molecular complexity index is 1010. The first kappa shape index (κ1) is 21.1. The lowest BCUT2D eigenvalue weighted by Crippen LogP contribution is -2.13. The number of hydrogen-bond donors (Lipinski definition) is 2. The van der Waals surface area contributed by atoms with Crippen molar-refractivity contribution in [1.29, 1.82) is 0 Å². The summed E-state index contributed by atoms with van der Waals surface area (Å²) in [5, 5.41) is 0. The van der Waals surface area contributed by atoms with E-state index in [9.17, 15) is 9.59 Å². The number of ether oxygens (including phenoxy) is 1. The van der Waals surface area contributed by atoms with Crippen LogP contribution in [0.1, 0.15) is 12.5 Å². The Labute approximate surface area is 167 Å². The highest BCUT2D eigenvalue weighted by Gasteiger charge is 2.14. The topological polar surface area (TPSA) is 134 Å². The summed E-state index contributed by atoms with van der Waals surface area (Å²) in [7, 11) is -1.39. The molecule has 2 heterocycles. The molecule has 0 amide bonds. The van der Waals surface area contributed by atoms with Gasteiger partial charge in [-0.05, 0) is 12.5 Å². The number of aromatic nitrogens is 4. The molecule has 0 aliphatic rings. The van der Waals surface area contributed by atoms with E-state index in [4.69, 9.17) is 19.5 Å². The molecule has 2 aromatic heterocycles. The van der Waals surface area contributed by atoms with Gasteiger partial charge in [-0.15, -0.1) is 0 Å². The van der Waals surface area contributed by atoms with Gasteiger partial charge < -0.3 is 24.1 Å². The van der Waals surface area contributed by atoms with Crippen LogP contribution in [0.2, 0.25) is 0 Å². The second-order valence-corrected chi connectivity index (χ2v) is 7.61. The molecular weight excluding hydrogens is 397 g/mol. The van der Waals surface area contributed by atoms with Gasteiger partial charge in [0.1, 0.15) is 13.0 Å². The van der Waals surface area contributed by atoms with Gasteiger partial charge in [0, 0.05) is 6.54 Å². The Kier molecular flexibility index (Phi) is 7.42. The largest absolute Gasteiger partial charge is 0.370 e. The quantitative estimate of drug-likeness (QED) is 0.355. The minimum Gasteiger partial charge on any atom is -0.370 e. The number of nitrogen functional groups attached to an aromatic ring is 1. The summed E-state index contributed by atoms with van der Waals surface area (Å²) in [4.78, 5) is 33.6. The zero-order chi connectivity index (χ0) is 20.6. The fourth-order valence-electron chi connectivity index (χ4n) is 2.43.